The van der Waals surface area contributed by atoms with Gasteiger partial charge in [-0.3, -0.25) is 14.9 Å². The number of carboxylic acids is 1. The van der Waals surface area contributed by atoms with Gasteiger partial charge in [-0.25, -0.2) is 4.79 Å². The van der Waals surface area contributed by atoms with Crippen LogP contribution in [0.15, 0.2) is 24.3 Å². The molecule has 1 aromatic rings. The van der Waals surface area contributed by atoms with E-state index < -0.39 is 22.8 Å². The number of benzene rings is 1. The highest BCUT2D eigenvalue weighted by Crippen LogP contribution is 2.23. The van der Waals surface area contributed by atoms with Crippen LogP contribution in [0.4, 0.5) is 5.69 Å². The molecule has 8 heteroatoms. The molecule has 0 aromatic heterocycles. The molecule has 1 N–H and O–H groups in total. The number of aliphatic carboxylic acids is 1. The lowest BCUT2D eigenvalue weighted by Gasteiger charge is -2.21. The van der Waals surface area contributed by atoms with Crippen molar-refractivity contribution in [2.75, 3.05) is 13.7 Å². The average Bonchev–Trinajstić information content (AvgIpc) is 2.91. The van der Waals surface area contributed by atoms with Crippen molar-refractivity contribution in [1.82, 2.24) is 4.90 Å². The summed E-state index contributed by atoms with van der Waals surface area (Å²) < 4.78 is 5.11. The summed E-state index contributed by atoms with van der Waals surface area (Å²) in [6, 6.07) is 4.12. The fraction of sp³-hybridized carbons (Fsp3) is 0.385. The molecule has 2 unspecified atom stereocenters. The van der Waals surface area contributed by atoms with Crippen molar-refractivity contribution in [3.05, 3.63) is 39.9 Å². The monoisotopic (exact) mass is 294 g/mol. The minimum atomic E-state index is -1.09. The molecular formula is C13H14N2O6. The van der Waals surface area contributed by atoms with Crippen LogP contribution in [-0.4, -0.2) is 52.6 Å². The fourth-order valence-corrected chi connectivity index (χ4v) is 2.32. The molecule has 0 bridgehead atoms. The topological polar surface area (TPSA) is 110 Å². The number of nitrogens with zero attached hydrogens (tertiary/aromatic N) is 2. The molecule has 1 heterocycles. The summed E-state index contributed by atoms with van der Waals surface area (Å²) in [4.78, 5) is 34.8. The summed E-state index contributed by atoms with van der Waals surface area (Å²) in [6.45, 7) is 0.184. The summed E-state index contributed by atoms with van der Waals surface area (Å²) in [5, 5.41) is 19.7. The fourth-order valence-electron chi connectivity index (χ4n) is 2.32. The number of carboxylic acid groups (broad SMARTS) is 1. The maximum absolute atomic E-state index is 12.3. The first kappa shape index (κ1) is 14.9. The molecular weight excluding hydrogens is 280 g/mol. The Morgan fingerprint density at radius 2 is 2.00 bits per heavy atom. The van der Waals surface area contributed by atoms with Crippen molar-refractivity contribution in [2.45, 2.75) is 18.6 Å². The van der Waals surface area contributed by atoms with Gasteiger partial charge in [0.2, 0.25) is 0 Å². The Morgan fingerprint density at radius 3 is 2.48 bits per heavy atom. The van der Waals surface area contributed by atoms with Crippen LogP contribution in [0.3, 0.4) is 0 Å². The standard InChI is InChI=1S/C13H14N2O6/c1-21-10-6-11(13(17)18)14(7-10)12(16)8-2-4-9(5-3-8)15(19)20/h2-5,10-11H,6-7H2,1H3,(H,17,18). The minimum absolute atomic E-state index is 0.127. The maximum Gasteiger partial charge on any atom is 0.326 e. The largest absolute Gasteiger partial charge is 0.480 e. The Hall–Kier alpha value is -2.48. The summed E-state index contributed by atoms with van der Waals surface area (Å²) in [6.07, 6.45) is -0.0991. The van der Waals surface area contributed by atoms with Gasteiger partial charge in [-0.05, 0) is 12.1 Å². The molecule has 2 rings (SSSR count). The Kier molecular flexibility index (Phi) is 4.18. The second-order valence-electron chi connectivity index (χ2n) is 4.71. The van der Waals surface area contributed by atoms with E-state index in [1.807, 2.05) is 0 Å². The van der Waals surface area contributed by atoms with Crippen molar-refractivity contribution < 1.29 is 24.4 Å². The van der Waals surface area contributed by atoms with Crippen LogP contribution in [0.5, 0.6) is 0 Å². The summed E-state index contributed by atoms with van der Waals surface area (Å²) in [7, 11) is 1.46. The van der Waals surface area contributed by atoms with Gasteiger partial charge >= 0.3 is 5.97 Å². The van der Waals surface area contributed by atoms with Gasteiger partial charge in [0.15, 0.2) is 0 Å². The van der Waals surface area contributed by atoms with Crippen LogP contribution < -0.4 is 0 Å². The Morgan fingerprint density at radius 1 is 1.38 bits per heavy atom. The lowest BCUT2D eigenvalue weighted by atomic mass is 10.1. The van der Waals surface area contributed by atoms with Crippen molar-refractivity contribution >= 4 is 17.6 Å². The number of nitro groups is 1. The zero-order chi connectivity index (χ0) is 15.6. The smallest absolute Gasteiger partial charge is 0.326 e. The lowest BCUT2D eigenvalue weighted by Crippen LogP contribution is -2.40. The first-order valence-corrected chi connectivity index (χ1v) is 6.25. The van der Waals surface area contributed by atoms with Crippen LogP contribution in [-0.2, 0) is 9.53 Å². The molecule has 1 aromatic carbocycles. The van der Waals surface area contributed by atoms with Crippen LogP contribution in [0, 0.1) is 10.1 Å². The van der Waals surface area contributed by atoms with Crippen molar-refractivity contribution in [2.24, 2.45) is 0 Å². The Balaban J connectivity index is 2.21. The predicted octanol–water partition coefficient (Wildman–Crippen LogP) is 0.909. The van der Waals surface area contributed by atoms with Crippen molar-refractivity contribution in [1.29, 1.82) is 0 Å². The first-order valence-electron chi connectivity index (χ1n) is 6.25. The van der Waals surface area contributed by atoms with E-state index >= 15 is 0 Å². The van der Waals surface area contributed by atoms with Gasteiger partial charge < -0.3 is 14.7 Å². The Bertz CT molecular complexity index is 571. The van der Waals surface area contributed by atoms with Gasteiger partial charge in [0.05, 0.1) is 11.0 Å². The van der Waals surface area contributed by atoms with Crippen LogP contribution >= 0.6 is 0 Å². The number of hydrogen-bond donors (Lipinski definition) is 1. The van der Waals surface area contributed by atoms with Gasteiger partial charge in [-0.2, -0.15) is 0 Å². The average molecular weight is 294 g/mol. The molecule has 0 radical (unpaired) electrons. The van der Waals surface area contributed by atoms with E-state index in [-0.39, 0.29) is 30.3 Å². The second-order valence-corrected chi connectivity index (χ2v) is 4.71. The molecule has 1 amide bonds. The molecule has 1 aliphatic rings. The molecule has 112 valence electrons. The molecule has 0 spiro atoms. The summed E-state index contributed by atoms with van der Waals surface area (Å²) in [5.74, 6) is -1.57. The number of rotatable bonds is 4. The zero-order valence-corrected chi connectivity index (χ0v) is 11.3. The third kappa shape index (κ3) is 3.00. The molecule has 21 heavy (non-hydrogen) atoms. The van der Waals surface area contributed by atoms with Crippen molar-refractivity contribution in [3.8, 4) is 0 Å². The van der Waals surface area contributed by atoms with E-state index in [4.69, 9.17) is 4.74 Å². The van der Waals surface area contributed by atoms with E-state index in [0.29, 0.717) is 0 Å². The normalized spacial score (nSPS) is 21.3. The second kappa shape index (κ2) is 5.88. The third-order valence-corrected chi connectivity index (χ3v) is 3.47. The van der Waals surface area contributed by atoms with Crippen LogP contribution in [0.1, 0.15) is 16.8 Å². The number of likely N-dealkylation sites (tertiary alicyclic amines) is 1. The quantitative estimate of drug-likeness (QED) is 0.652. The highest BCUT2D eigenvalue weighted by Gasteiger charge is 2.40. The summed E-state index contributed by atoms with van der Waals surface area (Å²) in [5.41, 5.74) is 0.0844. The number of carbonyl (C=O) groups excluding carboxylic acids is 1. The molecule has 1 fully saturated rings. The molecule has 8 nitrogen and oxygen atoms in total. The highest BCUT2D eigenvalue weighted by atomic mass is 16.6. The summed E-state index contributed by atoms with van der Waals surface area (Å²) >= 11 is 0. The van der Waals surface area contributed by atoms with Crippen molar-refractivity contribution in [3.63, 3.8) is 0 Å². The zero-order valence-electron chi connectivity index (χ0n) is 11.3. The SMILES string of the molecule is COC1CC(C(=O)O)N(C(=O)c2ccc([N+](=O)[O-])cc2)C1. The molecule has 1 saturated heterocycles. The van der Waals surface area contributed by atoms with Crippen LogP contribution in [0.2, 0.25) is 0 Å². The van der Waals surface area contributed by atoms with Gasteiger partial charge in [-0.15, -0.1) is 0 Å². The predicted molar refractivity (Wildman–Crippen MR) is 71.0 cm³/mol. The van der Waals surface area contributed by atoms with E-state index in [0.717, 1.165) is 0 Å². The Labute approximate surface area is 120 Å². The minimum Gasteiger partial charge on any atom is -0.480 e. The number of nitro benzene ring substituents is 1. The first-order chi connectivity index (χ1) is 9.93. The van der Waals surface area contributed by atoms with Gasteiger partial charge in [0.25, 0.3) is 11.6 Å². The molecule has 0 saturated carbocycles. The third-order valence-electron chi connectivity index (χ3n) is 3.47. The molecule has 1 aliphatic heterocycles. The van der Waals surface area contributed by atoms with Gasteiger partial charge in [0.1, 0.15) is 6.04 Å². The van der Waals surface area contributed by atoms with Crippen LogP contribution in [0.25, 0.3) is 0 Å². The molecule has 0 aliphatic carbocycles. The maximum atomic E-state index is 12.3. The number of amides is 1. The number of methoxy groups -OCH3 is 1. The van der Waals surface area contributed by atoms with E-state index in [2.05, 4.69) is 0 Å². The molecule has 2 atom stereocenters. The number of carbonyl (C=O) groups is 2. The van der Waals surface area contributed by atoms with Gasteiger partial charge in [-0.1, -0.05) is 0 Å². The van der Waals surface area contributed by atoms with E-state index in [1.165, 1.54) is 36.3 Å². The highest BCUT2D eigenvalue weighted by molar-refractivity contribution is 5.97. The lowest BCUT2D eigenvalue weighted by molar-refractivity contribution is -0.384. The van der Waals surface area contributed by atoms with E-state index in [1.54, 1.807) is 0 Å². The number of non-ortho nitro benzene ring substituents is 1. The van der Waals surface area contributed by atoms with E-state index in [9.17, 15) is 24.8 Å². The number of ether oxygens (including phenoxy) is 1. The van der Waals surface area contributed by atoms with Gasteiger partial charge in [0, 0.05) is 37.8 Å². The number of hydrogen-bond acceptors (Lipinski definition) is 5.